The van der Waals surface area contributed by atoms with Crippen LogP contribution in [0.15, 0.2) is 0 Å². The molecule has 0 radical (unpaired) electrons. The molecule has 1 saturated carbocycles. The van der Waals surface area contributed by atoms with Gasteiger partial charge in [0.1, 0.15) is 0 Å². The fourth-order valence-electron chi connectivity index (χ4n) is 3.19. The molecule has 0 aromatic carbocycles. The molecule has 5 heteroatoms. The van der Waals surface area contributed by atoms with Crippen LogP contribution in [0.25, 0.3) is 0 Å². The first-order chi connectivity index (χ1) is 9.27. The number of hydrogen-bond acceptors (Lipinski definition) is 4. The first-order valence-electron chi connectivity index (χ1n) is 7.69. The molecule has 3 N–H and O–H groups in total. The van der Waals surface area contributed by atoms with Crippen LogP contribution >= 0.6 is 0 Å². The largest absolute Gasteiger partial charge is 0.368 e. The average molecular weight is 284 g/mol. The second-order valence-electron chi connectivity index (χ2n) is 6.78. The summed E-state index contributed by atoms with van der Waals surface area (Å²) < 4.78 is 0. The van der Waals surface area contributed by atoms with Gasteiger partial charge in [-0.15, -0.1) is 0 Å². The molecule has 2 unspecified atom stereocenters. The number of rotatable bonds is 8. The number of nitrogens with two attached hydrogens (primary N) is 1. The van der Waals surface area contributed by atoms with E-state index in [1.54, 1.807) is 0 Å². The van der Waals surface area contributed by atoms with Crippen molar-refractivity contribution in [2.24, 2.45) is 5.73 Å². The van der Waals surface area contributed by atoms with Gasteiger partial charge in [0.05, 0.1) is 5.54 Å². The van der Waals surface area contributed by atoms with E-state index in [1.807, 2.05) is 0 Å². The minimum absolute atomic E-state index is 0.199. The minimum atomic E-state index is -0.505. The molecule has 0 aromatic rings. The molecule has 0 aromatic heterocycles. The van der Waals surface area contributed by atoms with Crippen molar-refractivity contribution in [3.05, 3.63) is 0 Å². The molecule has 20 heavy (non-hydrogen) atoms. The van der Waals surface area contributed by atoms with E-state index in [0.29, 0.717) is 6.04 Å². The third-order valence-electron chi connectivity index (χ3n) is 4.26. The highest BCUT2D eigenvalue weighted by Crippen LogP contribution is 2.33. The summed E-state index contributed by atoms with van der Waals surface area (Å²) in [4.78, 5) is 16.5. The number of primary amides is 1. The van der Waals surface area contributed by atoms with E-state index in [4.69, 9.17) is 5.73 Å². The average Bonchev–Trinajstić information content (AvgIpc) is 2.73. The summed E-state index contributed by atoms with van der Waals surface area (Å²) in [5.41, 5.74) is 5.15. The standard InChI is InChI=1S/C15H32N4O/c1-12(2)17-15(14(16)20)8-7-13(11-15)19(5)10-6-9-18(3)4/h12-13,17H,6-11H2,1-5H3,(H2,16,20). The minimum Gasteiger partial charge on any atom is -0.368 e. The number of nitrogens with zero attached hydrogens (tertiary/aromatic N) is 2. The fourth-order valence-corrected chi connectivity index (χ4v) is 3.19. The Morgan fingerprint density at radius 1 is 1.35 bits per heavy atom. The molecule has 5 nitrogen and oxygen atoms in total. The zero-order valence-electron chi connectivity index (χ0n) is 13.8. The molecule has 0 bridgehead atoms. The molecule has 2 atom stereocenters. The van der Waals surface area contributed by atoms with Crippen LogP contribution in [0, 0.1) is 0 Å². The summed E-state index contributed by atoms with van der Waals surface area (Å²) in [5, 5.41) is 3.40. The lowest BCUT2D eigenvalue weighted by Crippen LogP contribution is -2.56. The van der Waals surface area contributed by atoms with Crippen molar-refractivity contribution < 1.29 is 4.79 Å². The van der Waals surface area contributed by atoms with Gasteiger partial charge in [0.25, 0.3) is 0 Å². The van der Waals surface area contributed by atoms with Gasteiger partial charge in [-0.25, -0.2) is 0 Å². The molecule has 1 fully saturated rings. The highest BCUT2D eigenvalue weighted by Gasteiger charge is 2.45. The Balaban J connectivity index is 2.53. The van der Waals surface area contributed by atoms with Gasteiger partial charge in [-0.2, -0.15) is 0 Å². The SMILES string of the molecule is CC(C)NC1(C(N)=O)CCC(N(C)CCCN(C)C)C1. The van der Waals surface area contributed by atoms with Gasteiger partial charge < -0.3 is 20.9 Å². The van der Waals surface area contributed by atoms with Crippen molar-refractivity contribution in [3.63, 3.8) is 0 Å². The maximum atomic E-state index is 11.9. The summed E-state index contributed by atoms with van der Waals surface area (Å²) in [6.45, 7) is 6.30. The van der Waals surface area contributed by atoms with Gasteiger partial charge in [-0.05, 0) is 73.8 Å². The van der Waals surface area contributed by atoms with Crippen LogP contribution in [0.1, 0.15) is 39.5 Å². The van der Waals surface area contributed by atoms with E-state index >= 15 is 0 Å². The van der Waals surface area contributed by atoms with Crippen LogP contribution < -0.4 is 11.1 Å². The highest BCUT2D eigenvalue weighted by atomic mass is 16.1. The van der Waals surface area contributed by atoms with Crippen LogP contribution in [0.5, 0.6) is 0 Å². The number of nitrogens with one attached hydrogen (secondary N) is 1. The van der Waals surface area contributed by atoms with Crippen molar-refractivity contribution in [1.82, 2.24) is 15.1 Å². The molecule has 0 saturated heterocycles. The normalized spacial score (nSPS) is 26.9. The summed E-state index contributed by atoms with van der Waals surface area (Å²) in [6.07, 6.45) is 3.88. The molecule has 0 spiro atoms. The summed E-state index contributed by atoms with van der Waals surface area (Å²) in [6, 6.07) is 0.733. The molecule has 1 aliphatic carbocycles. The Kier molecular flexibility index (Phi) is 6.43. The quantitative estimate of drug-likeness (QED) is 0.687. The number of hydrogen-bond donors (Lipinski definition) is 2. The molecular weight excluding hydrogens is 252 g/mol. The second kappa shape index (κ2) is 7.38. The molecule has 1 amide bonds. The molecular formula is C15H32N4O. The van der Waals surface area contributed by atoms with Crippen LogP contribution in [-0.4, -0.2) is 67.6 Å². The predicted octanol–water partition coefficient (Wildman–Crippen LogP) is 0.645. The van der Waals surface area contributed by atoms with Crippen LogP contribution in [0.4, 0.5) is 0 Å². The first-order valence-corrected chi connectivity index (χ1v) is 7.69. The maximum Gasteiger partial charge on any atom is 0.237 e. The highest BCUT2D eigenvalue weighted by molar-refractivity contribution is 5.85. The van der Waals surface area contributed by atoms with Crippen LogP contribution in [-0.2, 0) is 4.79 Å². The van der Waals surface area contributed by atoms with Crippen LogP contribution in [0.3, 0.4) is 0 Å². The smallest absolute Gasteiger partial charge is 0.237 e. The van der Waals surface area contributed by atoms with Crippen molar-refractivity contribution in [3.8, 4) is 0 Å². The molecule has 1 aliphatic rings. The lowest BCUT2D eigenvalue weighted by molar-refractivity contribution is -0.124. The number of carbonyl (C=O) groups excluding carboxylic acids is 1. The third kappa shape index (κ3) is 4.72. The fraction of sp³-hybridized carbons (Fsp3) is 0.933. The third-order valence-corrected chi connectivity index (χ3v) is 4.26. The molecule has 0 heterocycles. The van der Waals surface area contributed by atoms with Crippen molar-refractivity contribution >= 4 is 5.91 Å². The van der Waals surface area contributed by atoms with Gasteiger partial charge in [-0.1, -0.05) is 0 Å². The van der Waals surface area contributed by atoms with Gasteiger partial charge >= 0.3 is 0 Å². The monoisotopic (exact) mass is 284 g/mol. The Hall–Kier alpha value is -0.650. The Labute approximate surface area is 123 Å². The van der Waals surface area contributed by atoms with Gasteiger partial charge in [0.15, 0.2) is 0 Å². The molecule has 118 valence electrons. The van der Waals surface area contributed by atoms with E-state index in [0.717, 1.165) is 38.8 Å². The van der Waals surface area contributed by atoms with Crippen LogP contribution in [0.2, 0.25) is 0 Å². The van der Waals surface area contributed by atoms with E-state index in [1.165, 1.54) is 0 Å². The Bertz CT molecular complexity index is 319. The van der Waals surface area contributed by atoms with Gasteiger partial charge in [0, 0.05) is 12.1 Å². The van der Waals surface area contributed by atoms with Crippen molar-refractivity contribution in [2.45, 2.75) is 57.2 Å². The molecule has 1 rings (SSSR count). The second-order valence-corrected chi connectivity index (χ2v) is 6.78. The van der Waals surface area contributed by atoms with Gasteiger partial charge in [-0.3, -0.25) is 4.79 Å². The predicted molar refractivity (Wildman–Crippen MR) is 83.6 cm³/mol. The first kappa shape index (κ1) is 17.4. The number of amides is 1. The zero-order chi connectivity index (χ0) is 15.3. The Morgan fingerprint density at radius 2 is 2.00 bits per heavy atom. The summed E-state index contributed by atoms with van der Waals surface area (Å²) in [7, 11) is 6.35. The lowest BCUT2D eigenvalue weighted by atomic mass is 9.95. The Morgan fingerprint density at radius 3 is 2.50 bits per heavy atom. The van der Waals surface area contributed by atoms with Crippen molar-refractivity contribution in [2.75, 3.05) is 34.2 Å². The lowest BCUT2D eigenvalue weighted by Gasteiger charge is -2.31. The van der Waals surface area contributed by atoms with E-state index in [2.05, 4.69) is 50.1 Å². The van der Waals surface area contributed by atoms with Crippen molar-refractivity contribution in [1.29, 1.82) is 0 Å². The van der Waals surface area contributed by atoms with E-state index in [-0.39, 0.29) is 11.9 Å². The zero-order valence-corrected chi connectivity index (χ0v) is 13.8. The summed E-state index contributed by atoms with van der Waals surface area (Å²) in [5.74, 6) is -0.199. The summed E-state index contributed by atoms with van der Waals surface area (Å²) >= 11 is 0. The molecule has 0 aliphatic heterocycles. The van der Waals surface area contributed by atoms with E-state index in [9.17, 15) is 4.79 Å². The number of carbonyl (C=O) groups is 1. The van der Waals surface area contributed by atoms with E-state index < -0.39 is 5.54 Å². The maximum absolute atomic E-state index is 11.9. The van der Waals surface area contributed by atoms with Gasteiger partial charge in [0.2, 0.25) is 5.91 Å². The topological polar surface area (TPSA) is 61.6 Å².